The molecule has 2 aromatic rings. The summed E-state index contributed by atoms with van der Waals surface area (Å²) in [6.07, 6.45) is 0. The molecule has 0 unspecified atom stereocenters. The topological polar surface area (TPSA) is 73.8 Å². The number of sulfonamides is 1. The molecule has 2 aromatic carbocycles. The maximum atomic E-state index is 11.7. The molecule has 0 spiro atoms. The van der Waals surface area contributed by atoms with Gasteiger partial charge in [0.2, 0.25) is 10.0 Å². The molecule has 0 fully saturated rings. The van der Waals surface area contributed by atoms with Crippen molar-refractivity contribution in [3.63, 3.8) is 0 Å². The molecule has 0 aliphatic rings. The number of hydrogen-bond donors (Lipinski definition) is 2. The van der Waals surface area contributed by atoms with Gasteiger partial charge in [-0.05, 0) is 23.7 Å². The molecule has 2 N–H and O–H groups in total. The Kier molecular flexibility index (Phi) is 7.17. The van der Waals surface area contributed by atoms with E-state index in [-0.39, 0.29) is 5.75 Å². The van der Waals surface area contributed by atoms with Gasteiger partial charge < -0.3 is 10.2 Å². The van der Waals surface area contributed by atoms with Crippen molar-refractivity contribution in [2.75, 3.05) is 21.1 Å². The molecule has 6 nitrogen and oxygen atoms in total. The second-order valence-electron chi connectivity index (χ2n) is 6.03. The van der Waals surface area contributed by atoms with Crippen molar-refractivity contribution in [2.24, 2.45) is 4.99 Å². The van der Waals surface area contributed by atoms with Crippen LogP contribution < -0.4 is 10.0 Å². The van der Waals surface area contributed by atoms with Crippen molar-refractivity contribution in [3.8, 4) is 0 Å². The first-order chi connectivity index (χ1) is 12.4. The lowest BCUT2D eigenvalue weighted by atomic mass is 10.1. The summed E-state index contributed by atoms with van der Waals surface area (Å²) in [7, 11) is 1.88. The first kappa shape index (κ1) is 19.9. The summed E-state index contributed by atoms with van der Waals surface area (Å²) in [6.45, 7) is 1.32. The minimum absolute atomic E-state index is 0.0278. The van der Waals surface area contributed by atoms with Crippen LogP contribution in [0.4, 0.5) is 0 Å². The molecule has 0 heterocycles. The standard InChI is InChI=1S/C19H26N4O2S/c1-20-19(23(3)14-16-8-5-4-6-9-16)22-13-17-10-7-11-18(12-17)15-26(24,25)21-2/h4-12,21H,13-15H2,1-3H3,(H,20,22). The highest BCUT2D eigenvalue weighted by molar-refractivity contribution is 7.88. The van der Waals surface area contributed by atoms with E-state index in [1.54, 1.807) is 7.05 Å². The lowest BCUT2D eigenvalue weighted by molar-refractivity contribution is 0.476. The zero-order chi connectivity index (χ0) is 19.0. The van der Waals surface area contributed by atoms with Gasteiger partial charge in [0.15, 0.2) is 5.96 Å². The number of nitrogens with zero attached hydrogens (tertiary/aromatic N) is 2. The van der Waals surface area contributed by atoms with E-state index in [9.17, 15) is 8.42 Å². The second kappa shape index (κ2) is 9.35. The number of hydrogen-bond acceptors (Lipinski definition) is 3. The summed E-state index contributed by atoms with van der Waals surface area (Å²) in [6, 6.07) is 17.7. The Bertz CT molecular complexity index is 836. The zero-order valence-electron chi connectivity index (χ0n) is 15.4. The van der Waals surface area contributed by atoms with Crippen LogP contribution in [0.15, 0.2) is 59.6 Å². The fourth-order valence-electron chi connectivity index (χ4n) is 2.62. The molecule has 0 radical (unpaired) electrons. The van der Waals surface area contributed by atoms with Crippen molar-refractivity contribution in [1.82, 2.24) is 14.9 Å². The molecule has 0 amide bonds. The highest BCUT2D eigenvalue weighted by atomic mass is 32.2. The van der Waals surface area contributed by atoms with Crippen LogP contribution >= 0.6 is 0 Å². The van der Waals surface area contributed by atoms with Crippen molar-refractivity contribution >= 4 is 16.0 Å². The first-order valence-corrected chi connectivity index (χ1v) is 10.0. The summed E-state index contributed by atoms with van der Waals surface area (Å²) in [5.74, 6) is 0.752. The summed E-state index contributed by atoms with van der Waals surface area (Å²) in [5, 5.41) is 3.32. The molecular weight excluding hydrogens is 348 g/mol. The molecule has 26 heavy (non-hydrogen) atoms. The van der Waals surface area contributed by atoms with Gasteiger partial charge in [0.1, 0.15) is 0 Å². The highest BCUT2D eigenvalue weighted by Gasteiger charge is 2.10. The van der Waals surface area contributed by atoms with Crippen LogP contribution in [-0.2, 0) is 28.9 Å². The van der Waals surface area contributed by atoms with Gasteiger partial charge in [0.25, 0.3) is 0 Å². The number of nitrogens with one attached hydrogen (secondary N) is 2. The zero-order valence-corrected chi connectivity index (χ0v) is 16.3. The van der Waals surface area contributed by atoms with E-state index >= 15 is 0 Å². The monoisotopic (exact) mass is 374 g/mol. The molecule has 0 aliphatic carbocycles. The average molecular weight is 375 g/mol. The van der Waals surface area contributed by atoms with Crippen molar-refractivity contribution < 1.29 is 8.42 Å². The molecule has 0 saturated heterocycles. The third-order valence-electron chi connectivity index (χ3n) is 3.95. The Balaban J connectivity index is 1.98. The summed E-state index contributed by atoms with van der Waals surface area (Å²) in [4.78, 5) is 6.37. The van der Waals surface area contributed by atoms with Crippen LogP contribution in [0.1, 0.15) is 16.7 Å². The fourth-order valence-corrected chi connectivity index (χ4v) is 3.38. The quantitative estimate of drug-likeness (QED) is 0.574. The van der Waals surface area contributed by atoms with Gasteiger partial charge >= 0.3 is 0 Å². The van der Waals surface area contributed by atoms with Crippen molar-refractivity contribution in [2.45, 2.75) is 18.8 Å². The van der Waals surface area contributed by atoms with E-state index in [0.29, 0.717) is 6.54 Å². The van der Waals surface area contributed by atoms with Crippen LogP contribution in [0.25, 0.3) is 0 Å². The number of guanidine groups is 1. The smallest absolute Gasteiger partial charge is 0.215 e. The highest BCUT2D eigenvalue weighted by Crippen LogP contribution is 2.09. The molecular formula is C19H26N4O2S. The van der Waals surface area contributed by atoms with Gasteiger partial charge in [-0.1, -0.05) is 54.6 Å². The minimum atomic E-state index is -3.28. The lowest BCUT2D eigenvalue weighted by Gasteiger charge is -2.22. The lowest BCUT2D eigenvalue weighted by Crippen LogP contribution is -2.38. The molecule has 0 saturated carbocycles. The maximum Gasteiger partial charge on any atom is 0.215 e. The van der Waals surface area contributed by atoms with Crippen LogP contribution in [-0.4, -0.2) is 40.4 Å². The van der Waals surface area contributed by atoms with Crippen LogP contribution in [0.3, 0.4) is 0 Å². The predicted octanol–water partition coefficient (Wildman–Crippen LogP) is 1.94. The number of rotatable bonds is 7. The van der Waals surface area contributed by atoms with E-state index in [4.69, 9.17) is 0 Å². The summed E-state index contributed by atoms with van der Waals surface area (Å²) in [5.41, 5.74) is 2.96. The van der Waals surface area contributed by atoms with Gasteiger partial charge in [0.05, 0.1) is 5.75 Å². The summed E-state index contributed by atoms with van der Waals surface area (Å²) < 4.78 is 25.7. The third kappa shape index (κ3) is 6.16. The predicted molar refractivity (Wildman–Crippen MR) is 106 cm³/mol. The van der Waals surface area contributed by atoms with E-state index in [1.807, 2.05) is 54.4 Å². The van der Waals surface area contributed by atoms with E-state index < -0.39 is 10.0 Å². The van der Waals surface area contributed by atoms with Gasteiger partial charge in [-0.25, -0.2) is 13.1 Å². The Hall–Kier alpha value is -2.38. The maximum absolute atomic E-state index is 11.7. The van der Waals surface area contributed by atoms with Crippen molar-refractivity contribution in [3.05, 3.63) is 71.3 Å². The average Bonchev–Trinajstić information content (AvgIpc) is 2.63. The normalized spacial score (nSPS) is 12.0. The Labute approximate surface area is 156 Å². The number of benzene rings is 2. The Morgan fingerprint density at radius 3 is 2.35 bits per heavy atom. The minimum Gasteiger partial charge on any atom is -0.352 e. The Morgan fingerprint density at radius 2 is 1.69 bits per heavy atom. The van der Waals surface area contributed by atoms with E-state index in [0.717, 1.165) is 23.6 Å². The molecule has 0 aromatic heterocycles. The first-order valence-electron chi connectivity index (χ1n) is 8.38. The SMILES string of the molecule is CN=C(NCc1cccc(CS(=O)(=O)NC)c1)N(C)Cc1ccccc1. The van der Waals surface area contributed by atoms with Crippen LogP contribution in [0, 0.1) is 0 Å². The van der Waals surface area contributed by atoms with Crippen molar-refractivity contribution in [1.29, 1.82) is 0 Å². The Morgan fingerprint density at radius 1 is 1.04 bits per heavy atom. The molecule has 2 rings (SSSR count). The van der Waals surface area contributed by atoms with Gasteiger partial charge in [-0.3, -0.25) is 4.99 Å². The molecule has 0 bridgehead atoms. The molecule has 140 valence electrons. The molecule has 7 heteroatoms. The van der Waals surface area contributed by atoms with Crippen LogP contribution in [0.2, 0.25) is 0 Å². The van der Waals surface area contributed by atoms with Gasteiger partial charge in [0, 0.05) is 27.2 Å². The third-order valence-corrected chi connectivity index (χ3v) is 5.28. The molecule has 0 atom stereocenters. The molecule has 0 aliphatic heterocycles. The van der Waals surface area contributed by atoms with Gasteiger partial charge in [-0.15, -0.1) is 0 Å². The van der Waals surface area contributed by atoms with Crippen LogP contribution in [0.5, 0.6) is 0 Å². The fraction of sp³-hybridized carbons (Fsp3) is 0.316. The van der Waals surface area contributed by atoms with E-state index in [1.165, 1.54) is 12.6 Å². The summed E-state index contributed by atoms with van der Waals surface area (Å²) >= 11 is 0. The largest absolute Gasteiger partial charge is 0.352 e. The second-order valence-corrected chi connectivity index (χ2v) is 7.95. The van der Waals surface area contributed by atoms with Gasteiger partial charge in [-0.2, -0.15) is 0 Å². The van der Waals surface area contributed by atoms with E-state index in [2.05, 4.69) is 27.2 Å². The number of aliphatic imine (C=N–C) groups is 1.